The van der Waals surface area contributed by atoms with E-state index in [2.05, 4.69) is 10.6 Å². The number of hydrogen-bond donors (Lipinski definition) is 2. The fourth-order valence-corrected chi connectivity index (χ4v) is 3.96. The average molecular weight is 479 g/mol. The zero-order chi connectivity index (χ0) is 25.4. The van der Waals surface area contributed by atoms with Crippen molar-refractivity contribution in [2.24, 2.45) is 0 Å². The van der Waals surface area contributed by atoms with Crippen molar-refractivity contribution >= 4 is 23.5 Å². The SMILES string of the molecule is COC(=O)[C@H](Cc1ccc(NC2=C(Cc3ccccc3)C(=O)CCC2)cc1)NC(=O)OC(C)(C)C. The Hall–Kier alpha value is -3.61. The van der Waals surface area contributed by atoms with Gasteiger partial charge in [-0.05, 0) is 56.9 Å². The standard InChI is InChI=1S/C28H34N2O5/c1-28(2,3)35-27(33)30-24(26(32)34-4)18-20-13-15-21(16-14-20)29-23-11-8-12-25(31)22(23)17-19-9-6-5-7-10-19/h5-7,9-10,13-16,24,29H,8,11-12,17-18H2,1-4H3,(H,30,33)/t24-/m0/s1. The molecule has 0 saturated heterocycles. The van der Waals surface area contributed by atoms with Crippen LogP contribution in [0.15, 0.2) is 65.9 Å². The second-order valence-corrected chi connectivity index (χ2v) is 9.64. The van der Waals surface area contributed by atoms with E-state index >= 15 is 0 Å². The van der Waals surface area contributed by atoms with E-state index in [1.807, 2.05) is 54.6 Å². The molecule has 0 radical (unpaired) electrons. The number of rotatable bonds is 8. The topological polar surface area (TPSA) is 93.7 Å². The molecule has 2 aromatic carbocycles. The first-order chi connectivity index (χ1) is 16.6. The summed E-state index contributed by atoms with van der Waals surface area (Å²) in [5.41, 5.74) is 3.93. The molecule has 0 aliphatic heterocycles. The minimum Gasteiger partial charge on any atom is -0.467 e. The molecular weight excluding hydrogens is 444 g/mol. The lowest BCUT2D eigenvalue weighted by Crippen LogP contribution is -2.45. The number of amides is 1. The molecule has 0 saturated carbocycles. The Kier molecular flexibility index (Phi) is 8.68. The van der Waals surface area contributed by atoms with Gasteiger partial charge < -0.3 is 20.1 Å². The molecule has 0 aromatic heterocycles. The minimum absolute atomic E-state index is 0.188. The van der Waals surface area contributed by atoms with Crippen LogP contribution in [-0.2, 0) is 31.9 Å². The number of esters is 1. The molecule has 1 aliphatic rings. The molecule has 2 N–H and O–H groups in total. The molecule has 1 atom stereocenters. The number of carbonyl (C=O) groups is 3. The third-order valence-corrected chi connectivity index (χ3v) is 5.62. The summed E-state index contributed by atoms with van der Waals surface area (Å²) in [7, 11) is 1.28. The number of methoxy groups -OCH3 is 1. The number of ether oxygens (including phenoxy) is 2. The van der Waals surface area contributed by atoms with Crippen LogP contribution < -0.4 is 10.6 Å². The first-order valence-electron chi connectivity index (χ1n) is 11.9. The second-order valence-electron chi connectivity index (χ2n) is 9.64. The van der Waals surface area contributed by atoms with Crippen molar-refractivity contribution in [3.63, 3.8) is 0 Å². The number of carbonyl (C=O) groups excluding carboxylic acids is 3. The van der Waals surface area contributed by atoms with E-state index in [4.69, 9.17) is 9.47 Å². The van der Waals surface area contributed by atoms with E-state index in [9.17, 15) is 14.4 Å². The molecule has 0 spiro atoms. The molecule has 0 bridgehead atoms. The van der Waals surface area contributed by atoms with Gasteiger partial charge in [0.25, 0.3) is 0 Å². The smallest absolute Gasteiger partial charge is 0.408 e. The molecule has 0 heterocycles. The summed E-state index contributed by atoms with van der Waals surface area (Å²) < 4.78 is 10.1. The largest absolute Gasteiger partial charge is 0.467 e. The highest BCUT2D eigenvalue weighted by atomic mass is 16.6. The number of nitrogens with one attached hydrogen (secondary N) is 2. The number of Topliss-reactive ketones (excluding diaryl/α,β-unsaturated/α-hetero) is 1. The fourth-order valence-electron chi connectivity index (χ4n) is 3.96. The Morgan fingerprint density at radius 2 is 1.66 bits per heavy atom. The summed E-state index contributed by atoms with van der Waals surface area (Å²) in [6, 6.07) is 16.7. The molecule has 1 aliphatic carbocycles. The highest BCUT2D eigenvalue weighted by molar-refractivity contribution is 5.97. The predicted molar refractivity (Wildman–Crippen MR) is 135 cm³/mol. The summed E-state index contributed by atoms with van der Waals surface area (Å²) in [6.07, 6.45) is 2.41. The van der Waals surface area contributed by atoms with E-state index in [0.29, 0.717) is 12.8 Å². The van der Waals surface area contributed by atoms with Crippen molar-refractivity contribution in [3.8, 4) is 0 Å². The molecule has 3 rings (SSSR count). The summed E-state index contributed by atoms with van der Waals surface area (Å²) in [5.74, 6) is -0.358. The van der Waals surface area contributed by atoms with Crippen molar-refractivity contribution in [1.29, 1.82) is 0 Å². The van der Waals surface area contributed by atoms with Crippen LogP contribution in [0.25, 0.3) is 0 Å². The molecule has 2 aromatic rings. The van der Waals surface area contributed by atoms with Crippen LogP contribution in [0.1, 0.15) is 51.2 Å². The van der Waals surface area contributed by atoms with Gasteiger partial charge in [0, 0.05) is 36.2 Å². The van der Waals surface area contributed by atoms with Crippen LogP contribution in [0, 0.1) is 0 Å². The van der Waals surface area contributed by atoms with Crippen LogP contribution in [0.3, 0.4) is 0 Å². The number of anilines is 1. The number of hydrogen-bond acceptors (Lipinski definition) is 6. The molecule has 0 unspecified atom stereocenters. The summed E-state index contributed by atoms with van der Waals surface area (Å²) in [6.45, 7) is 5.27. The Balaban J connectivity index is 1.70. The first kappa shape index (κ1) is 26.0. The lowest BCUT2D eigenvalue weighted by molar-refractivity contribution is -0.143. The number of allylic oxidation sites excluding steroid dienone is 2. The molecule has 0 fully saturated rings. The predicted octanol–water partition coefficient (Wildman–Crippen LogP) is 4.96. The highest BCUT2D eigenvalue weighted by Crippen LogP contribution is 2.27. The zero-order valence-electron chi connectivity index (χ0n) is 20.9. The van der Waals surface area contributed by atoms with Gasteiger partial charge in [-0.25, -0.2) is 9.59 Å². The van der Waals surface area contributed by atoms with Crippen LogP contribution >= 0.6 is 0 Å². The molecular formula is C28H34N2O5. The van der Waals surface area contributed by atoms with E-state index in [1.165, 1.54) is 7.11 Å². The van der Waals surface area contributed by atoms with Gasteiger partial charge in [-0.1, -0.05) is 42.5 Å². The summed E-state index contributed by atoms with van der Waals surface area (Å²) in [4.78, 5) is 37.0. The average Bonchev–Trinajstić information content (AvgIpc) is 2.81. The van der Waals surface area contributed by atoms with E-state index in [0.717, 1.165) is 40.9 Å². The van der Waals surface area contributed by atoms with Crippen molar-refractivity contribution < 1.29 is 23.9 Å². The van der Waals surface area contributed by atoms with Crippen LogP contribution in [0.2, 0.25) is 0 Å². The lowest BCUT2D eigenvalue weighted by atomic mass is 9.90. The summed E-state index contributed by atoms with van der Waals surface area (Å²) in [5, 5.41) is 6.02. The van der Waals surface area contributed by atoms with Crippen molar-refractivity contribution in [1.82, 2.24) is 5.32 Å². The highest BCUT2D eigenvalue weighted by Gasteiger charge is 2.25. The molecule has 186 valence electrons. The van der Waals surface area contributed by atoms with Gasteiger partial charge in [0.1, 0.15) is 11.6 Å². The van der Waals surface area contributed by atoms with Gasteiger partial charge in [-0.2, -0.15) is 0 Å². The van der Waals surface area contributed by atoms with Gasteiger partial charge >= 0.3 is 12.1 Å². The van der Waals surface area contributed by atoms with Gasteiger partial charge in [-0.3, -0.25) is 4.79 Å². The number of benzene rings is 2. The Bertz CT molecular complexity index is 1070. The van der Waals surface area contributed by atoms with E-state index < -0.39 is 23.7 Å². The third-order valence-electron chi connectivity index (χ3n) is 5.62. The van der Waals surface area contributed by atoms with Crippen molar-refractivity contribution in [2.45, 2.75) is 64.5 Å². The monoisotopic (exact) mass is 478 g/mol. The van der Waals surface area contributed by atoms with E-state index in [1.54, 1.807) is 20.8 Å². The van der Waals surface area contributed by atoms with Crippen molar-refractivity contribution in [2.75, 3.05) is 12.4 Å². The number of ketones is 1. The first-order valence-corrected chi connectivity index (χ1v) is 11.9. The van der Waals surface area contributed by atoms with Gasteiger partial charge in [0.15, 0.2) is 5.78 Å². The normalized spacial score (nSPS) is 14.8. The minimum atomic E-state index is -0.871. The lowest BCUT2D eigenvalue weighted by Gasteiger charge is -2.23. The maximum atomic E-state index is 12.7. The van der Waals surface area contributed by atoms with E-state index in [-0.39, 0.29) is 12.2 Å². The maximum Gasteiger partial charge on any atom is 0.408 e. The molecule has 7 heteroatoms. The molecule has 35 heavy (non-hydrogen) atoms. The fraction of sp³-hybridized carbons (Fsp3) is 0.393. The third kappa shape index (κ3) is 7.98. The second kappa shape index (κ2) is 11.7. The van der Waals surface area contributed by atoms with Gasteiger partial charge in [0.05, 0.1) is 7.11 Å². The van der Waals surface area contributed by atoms with Gasteiger partial charge in [-0.15, -0.1) is 0 Å². The Labute approximate surface area is 206 Å². The summed E-state index contributed by atoms with van der Waals surface area (Å²) >= 11 is 0. The Morgan fingerprint density at radius 1 is 0.971 bits per heavy atom. The molecule has 7 nitrogen and oxygen atoms in total. The van der Waals surface area contributed by atoms with Crippen molar-refractivity contribution in [3.05, 3.63) is 77.0 Å². The Morgan fingerprint density at radius 3 is 2.29 bits per heavy atom. The zero-order valence-corrected chi connectivity index (χ0v) is 20.9. The van der Waals surface area contributed by atoms with Crippen LogP contribution in [0.5, 0.6) is 0 Å². The number of alkyl carbamates (subject to hydrolysis) is 1. The van der Waals surface area contributed by atoms with Crippen LogP contribution in [0.4, 0.5) is 10.5 Å². The van der Waals surface area contributed by atoms with Crippen LogP contribution in [-0.4, -0.2) is 36.6 Å². The quantitative estimate of drug-likeness (QED) is 0.521. The molecule has 1 amide bonds. The van der Waals surface area contributed by atoms with Gasteiger partial charge in [0.2, 0.25) is 0 Å². The maximum absolute atomic E-state index is 12.7.